The van der Waals surface area contributed by atoms with Gasteiger partial charge in [0.05, 0.1) is 12.7 Å². The normalized spacial score (nSPS) is 10.7. The van der Waals surface area contributed by atoms with Crippen molar-refractivity contribution < 1.29 is 19.7 Å². The number of amides is 1. The molecule has 0 bridgehead atoms. The van der Waals surface area contributed by atoms with Gasteiger partial charge in [-0.25, -0.2) is 0 Å². The Bertz CT molecular complexity index is 397. The number of ether oxygens (including phenoxy) is 1. The molecule has 0 saturated carbocycles. The van der Waals surface area contributed by atoms with Crippen LogP contribution in [0.5, 0.6) is 11.5 Å². The number of carbonyl (C=O) groups is 1. The molecule has 1 rings (SSSR count). The lowest BCUT2D eigenvalue weighted by atomic mass is 10.2. The van der Waals surface area contributed by atoms with E-state index in [-0.39, 0.29) is 29.1 Å². The predicted molar refractivity (Wildman–Crippen MR) is 67.8 cm³/mol. The summed E-state index contributed by atoms with van der Waals surface area (Å²) in [5.41, 5.74) is 0.250. The predicted octanol–water partition coefficient (Wildman–Crippen LogP) is 1.59. The fourth-order valence-corrected chi connectivity index (χ4v) is 1.47. The quantitative estimate of drug-likeness (QED) is 0.836. The molecule has 1 amide bonds. The van der Waals surface area contributed by atoms with Gasteiger partial charge in [0.15, 0.2) is 0 Å². The molecule has 18 heavy (non-hydrogen) atoms. The number of phenolic OH excluding ortho intramolecular Hbond substituents is 2. The van der Waals surface area contributed by atoms with Crippen molar-refractivity contribution in [3.63, 3.8) is 0 Å². The molecule has 0 spiro atoms. The van der Waals surface area contributed by atoms with Gasteiger partial charge in [0, 0.05) is 25.2 Å². The maximum atomic E-state index is 12.0. The van der Waals surface area contributed by atoms with Crippen LogP contribution in [0, 0.1) is 0 Å². The lowest BCUT2D eigenvalue weighted by molar-refractivity contribution is 0.0532. The molecule has 0 aliphatic rings. The van der Waals surface area contributed by atoms with Gasteiger partial charge in [0.2, 0.25) is 0 Å². The highest BCUT2D eigenvalue weighted by Crippen LogP contribution is 2.21. The number of hydrogen-bond acceptors (Lipinski definition) is 4. The summed E-state index contributed by atoms with van der Waals surface area (Å²) >= 11 is 0. The number of hydrogen-bond donors (Lipinski definition) is 2. The number of phenols is 2. The fraction of sp³-hybridized carbons (Fsp3) is 0.462. The Morgan fingerprint density at radius 2 is 1.83 bits per heavy atom. The van der Waals surface area contributed by atoms with Gasteiger partial charge in [-0.2, -0.15) is 0 Å². The Morgan fingerprint density at radius 3 is 2.33 bits per heavy atom. The van der Waals surface area contributed by atoms with Crippen LogP contribution in [0.25, 0.3) is 0 Å². The molecule has 100 valence electrons. The molecular weight excluding hydrogens is 234 g/mol. The number of benzene rings is 1. The van der Waals surface area contributed by atoms with Gasteiger partial charge >= 0.3 is 0 Å². The fourth-order valence-electron chi connectivity index (χ4n) is 1.47. The van der Waals surface area contributed by atoms with Crippen molar-refractivity contribution in [1.82, 2.24) is 4.90 Å². The molecule has 1 aromatic rings. The molecular formula is C13H19NO4. The second-order valence-electron chi connectivity index (χ2n) is 4.38. The van der Waals surface area contributed by atoms with Gasteiger partial charge in [-0.3, -0.25) is 4.79 Å². The Labute approximate surface area is 107 Å². The molecule has 0 radical (unpaired) electrons. The zero-order chi connectivity index (χ0) is 13.7. The highest BCUT2D eigenvalue weighted by molar-refractivity contribution is 5.94. The van der Waals surface area contributed by atoms with E-state index in [1.165, 1.54) is 23.1 Å². The number of nitrogens with zero attached hydrogens (tertiary/aromatic N) is 1. The van der Waals surface area contributed by atoms with Crippen molar-refractivity contribution in [3.05, 3.63) is 23.8 Å². The van der Waals surface area contributed by atoms with Gasteiger partial charge in [-0.1, -0.05) is 0 Å². The summed E-state index contributed by atoms with van der Waals surface area (Å²) in [6, 6.07) is 3.82. The van der Waals surface area contributed by atoms with Crippen LogP contribution >= 0.6 is 0 Å². The van der Waals surface area contributed by atoms with E-state index < -0.39 is 0 Å². The van der Waals surface area contributed by atoms with E-state index in [0.29, 0.717) is 13.2 Å². The summed E-state index contributed by atoms with van der Waals surface area (Å²) in [5.74, 6) is -0.538. The average Bonchev–Trinajstić information content (AvgIpc) is 2.26. The molecule has 0 atom stereocenters. The number of likely N-dealkylation sites (N-methyl/N-ethyl adjacent to an activating group) is 1. The van der Waals surface area contributed by atoms with E-state index in [4.69, 9.17) is 4.74 Å². The van der Waals surface area contributed by atoms with Crippen LogP contribution in [0.1, 0.15) is 24.2 Å². The van der Waals surface area contributed by atoms with E-state index in [0.717, 1.165) is 0 Å². The van der Waals surface area contributed by atoms with Crippen LogP contribution in [0.15, 0.2) is 18.2 Å². The monoisotopic (exact) mass is 253 g/mol. The maximum Gasteiger partial charge on any atom is 0.253 e. The number of carbonyl (C=O) groups excluding carboxylic acids is 1. The molecule has 5 nitrogen and oxygen atoms in total. The molecule has 0 aromatic heterocycles. The summed E-state index contributed by atoms with van der Waals surface area (Å²) in [4.78, 5) is 13.5. The first-order chi connectivity index (χ1) is 8.40. The smallest absolute Gasteiger partial charge is 0.253 e. The Hall–Kier alpha value is -1.75. The van der Waals surface area contributed by atoms with Crippen molar-refractivity contribution in [1.29, 1.82) is 0 Å². The van der Waals surface area contributed by atoms with E-state index in [2.05, 4.69) is 0 Å². The Kier molecular flexibility index (Phi) is 4.97. The standard InChI is InChI=1S/C13H19NO4/c1-9(2)18-5-4-14(3)13(17)10-6-11(15)8-12(16)7-10/h6-9,15-16H,4-5H2,1-3H3. The van der Waals surface area contributed by atoms with Crippen molar-refractivity contribution in [2.24, 2.45) is 0 Å². The summed E-state index contributed by atoms with van der Waals surface area (Å²) in [7, 11) is 1.65. The van der Waals surface area contributed by atoms with Crippen molar-refractivity contribution >= 4 is 5.91 Å². The van der Waals surface area contributed by atoms with E-state index in [9.17, 15) is 15.0 Å². The van der Waals surface area contributed by atoms with Gasteiger partial charge in [-0.05, 0) is 26.0 Å². The zero-order valence-corrected chi connectivity index (χ0v) is 10.9. The minimum absolute atomic E-state index is 0.123. The summed E-state index contributed by atoms with van der Waals surface area (Å²) in [6.45, 7) is 4.75. The van der Waals surface area contributed by atoms with Crippen molar-refractivity contribution in [3.8, 4) is 11.5 Å². The first-order valence-corrected chi connectivity index (χ1v) is 5.80. The third-order valence-electron chi connectivity index (χ3n) is 2.37. The lowest BCUT2D eigenvalue weighted by Crippen LogP contribution is -2.30. The SMILES string of the molecule is CC(C)OCCN(C)C(=O)c1cc(O)cc(O)c1. The molecule has 0 fully saturated rings. The first-order valence-electron chi connectivity index (χ1n) is 5.80. The van der Waals surface area contributed by atoms with E-state index >= 15 is 0 Å². The van der Waals surface area contributed by atoms with Crippen LogP contribution in [0.2, 0.25) is 0 Å². The van der Waals surface area contributed by atoms with Gasteiger partial charge in [-0.15, -0.1) is 0 Å². The third-order valence-corrected chi connectivity index (χ3v) is 2.37. The highest BCUT2D eigenvalue weighted by atomic mass is 16.5. The zero-order valence-electron chi connectivity index (χ0n) is 10.9. The largest absolute Gasteiger partial charge is 0.508 e. The van der Waals surface area contributed by atoms with Gasteiger partial charge in [0.25, 0.3) is 5.91 Å². The van der Waals surface area contributed by atoms with Crippen LogP contribution in [0.3, 0.4) is 0 Å². The van der Waals surface area contributed by atoms with Crippen LogP contribution < -0.4 is 0 Å². The molecule has 2 N–H and O–H groups in total. The molecule has 5 heteroatoms. The molecule has 0 saturated heterocycles. The van der Waals surface area contributed by atoms with Gasteiger partial charge in [0.1, 0.15) is 11.5 Å². The summed E-state index contributed by atoms with van der Waals surface area (Å²) in [6.07, 6.45) is 0.123. The van der Waals surface area contributed by atoms with E-state index in [1.54, 1.807) is 7.05 Å². The van der Waals surface area contributed by atoms with Gasteiger partial charge < -0.3 is 19.8 Å². The molecule has 0 aliphatic carbocycles. The number of aromatic hydroxyl groups is 2. The second-order valence-corrected chi connectivity index (χ2v) is 4.38. The first kappa shape index (κ1) is 14.3. The highest BCUT2D eigenvalue weighted by Gasteiger charge is 2.13. The topological polar surface area (TPSA) is 70.0 Å². The van der Waals surface area contributed by atoms with E-state index in [1.807, 2.05) is 13.8 Å². The van der Waals surface area contributed by atoms with Crippen molar-refractivity contribution in [2.45, 2.75) is 20.0 Å². The maximum absolute atomic E-state index is 12.0. The number of rotatable bonds is 5. The van der Waals surface area contributed by atoms with Crippen LogP contribution in [-0.2, 0) is 4.74 Å². The lowest BCUT2D eigenvalue weighted by Gasteiger charge is -2.18. The minimum atomic E-state index is -0.270. The molecule has 0 heterocycles. The molecule has 1 aromatic carbocycles. The third kappa shape index (κ3) is 4.25. The Balaban J connectivity index is 2.62. The van der Waals surface area contributed by atoms with Crippen LogP contribution in [-0.4, -0.2) is 47.3 Å². The summed E-state index contributed by atoms with van der Waals surface area (Å²) < 4.78 is 5.35. The second kappa shape index (κ2) is 6.26. The molecule has 0 unspecified atom stereocenters. The summed E-state index contributed by atoms with van der Waals surface area (Å²) in [5, 5.41) is 18.6. The minimum Gasteiger partial charge on any atom is -0.508 e. The molecule has 0 aliphatic heterocycles. The Morgan fingerprint density at radius 1 is 1.28 bits per heavy atom. The van der Waals surface area contributed by atoms with Crippen LogP contribution in [0.4, 0.5) is 0 Å². The average molecular weight is 253 g/mol. The van der Waals surface area contributed by atoms with Crippen molar-refractivity contribution in [2.75, 3.05) is 20.2 Å².